The fourth-order valence-corrected chi connectivity index (χ4v) is 0.759. The molecule has 6 heteroatoms. The molecule has 72 valence electrons. The van der Waals surface area contributed by atoms with Gasteiger partial charge in [-0.25, -0.2) is 4.98 Å². The average molecular weight is 184 g/mol. The van der Waals surface area contributed by atoms with Crippen molar-refractivity contribution in [3.05, 3.63) is 12.3 Å². The molecule has 0 aliphatic carbocycles. The molecule has 1 heterocycles. The second-order valence-electron chi connectivity index (χ2n) is 2.52. The van der Waals surface area contributed by atoms with E-state index in [1.165, 1.54) is 6.20 Å². The number of aliphatic hydroxyl groups is 2. The Balaban J connectivity index is 2.45. The topological polar surface area (TPSA) is 104 Å². The Kier molecular flexibility index (Phi) is 3.41. The van der Waals surface area contributed by atoms with Gasteiger partial charge in [0.05, 0.1) is 12.7 Å². The molecule has 0 amide bonds. The lowest BCUT2D eigenvalue weighted by molar-refractivity contribution is 0.105. The van der Waals surface area contributed by atoms with Crippen LogP contribution in [0.15, 0.2) is 12.3 Å². The van der Waals surface area contributed by atoms with E-state index in [-0.39, 0.29) is 19.1 Å². The summed E-state index contributed by atoms with van der Waals surface area (Å²) in [6.07, 6.45) is 0.715. The van der Waals surface area contributed by atoms with Gasteiger partial charge < -0.3 is 21.3 Å². The van der Waals surface area contributed by atoms with E-state index in [0.717, 1.165) is 0 Å². The summed E-state index contributed by atoms with van der Waals surface area (Å²) in [5.41, 5.74) is 5.32. The Morgan fingerprint density at radius 2 is 2.38 bits per heavy atom. The number of aromatic nitrogens is 2. The first-order valence-electron chi connectivity index (χ1n) is 3.83. The molecule has 0 aliphatic heterocycles. The molecule has 0 fully saturated rings. The highest BCUT2D eigenvalue weighted by atomic mass is 16.3. The third kappa shape index (κ3) is 3.22. The molecule has 0 saturated carbocycles. The lowest BCUT2D eigenvalue weighted by Crippen LogP contribution is -2.23. The van der Waals surface area contributed by atoms with Crippen LogP contribution in [-0.2, 0) is 0 Å². The average Bonchev–Trinajstić information content (AvgIpc) is 2.14. The van der Waals surface area contributed by atoms with Gasteiger partial charge in [-0.3, -0.25) is 0 Å². The van der Waals surface area contributed by atoms with Crippen LogP contribution in [0.3, 0.4) is 0 Å². The van der Waals surface area contributed by atoms with Crippen molar-refractivity contribution in [2.75, 3.05) is 24.2 Å². The maximum atomic E-state index is 9.00. The van der Waals surface area contributed by atoms with Crippen molar-refractivity contribution in [3.8, 4) is 0 Å². The van der Waals surface area contributed by atoms with Gasteiger partial charge in [-0.2, -0.15) is 4.98 Å². The maximum absolute atomic E-state index is 9.00. The Labute approximate surface area is 75.4 Å². The van der Waals surface area contributed by atoms with Crippen molar-refractivity contribution < 1.29 is 10.2 Å². The van der Waals surface area contributed by atoms with Crippen molar-refractivity contribution in [3.63, 3.8) is 0 Å². The van der Waals surface area contributed by atoms with Gasteiger partial charge in [0.25, 0.3) is 0 Å². The van der Waals surface area contributed by atoms with Gasteiger partial charge in [0, 0.05) is 12.7 Å². The zero-order valence-electron chi connectivity index (χ0n) is 7.01. The first-order chi connectivity index (χ1) is 6.22. The van der Waals surface area contributed by atoms with Gasteiger partial charge in [-0.05, 0) is 6.07 Å². The molecule has 0 saturated heterocycles. The van der Waals surface area contributed by atoms with E-state index < -0.39 is 6.10 Å². The number of nitrogens with zero attached hydrogens (tertiary/aromatic N) is 2. The van der Waals surface area contributed by atoms with Crippen LogP contribution in [0.1, 0.15) is 0 Å². The number of nitrogen functional groups attached to an aromatic ring is 1. The number of aliphatic hydroxyl groups excluding tert-OH is 2. The van der Waals surface area contributed by atoms with Crippen molar-refractivity contribution >= 4 is 11.8 Å². The third-order valence-electron chi connectivity index (χ3n) is 1.40. The van der Waals surface area contributed by atoms with Crippen molar-refractivity contribution in [2.45, 2.75) is 6.10 Å². The summed E-state index contributed by atoms with van der Waals surface area (Å²) in [7, 11) is 0. The van der Waals surface area contributed by atoms with Crippen molar-refractivity contribution in [1.82, 2.24) is 9.97 Å². The first kappa shape index (κ1) is 9.69. The zero-order chi connectivity index (χ0) is 9.68. The van der Waals surface area contributed by atoms with Crippen LogP contribution in [0, 0.1) is 0 Å². The van der Waals surface area contributed by atoms with E-state index in [4.69, 9.17) is 15.9 Å². The fourth-order valence-electron chi connectivity index (χ4n) is 0.759. The zero-order valence-corrected chi connectivity index (χ0v) is 7.01. The number of nitrogens with one attached hydrogen (secondary N) is 1. The summed E-state index contributed by atoms with van der Waals surface area (Å²) in [5, 5.41) is 20.3. The van der Waals surface area contributed by atoms with Crippen molar-refractivity contribution in [1.29, 1.82) is 0 Å². The second-order valence-corrected chi connectivity index (χ2v) is 2.52. The van der Waals surface area contributed by atoms with Crippen LogP contribution in [0.5, 0.6) is 0 Å². The monoisotopic (exact) mass is 184 g/mol. The molecule has 13 heavy (non-hydrogen) atoms. The molecule has 6 nitrogen and oxygen atoms in total. The second kappa shape index (κ2) is 4.58. The highest BCUT2D eigenvalue weighted by molar-refractivity contribution is 5.37. The minimum absolute atomic E-state index is 0.170. The summed E-state index contributed by atoms with van der Waals surface area (Å²) in [6.45, 7) is -0.0550. The van der Waals surface area contributed by atoms with Gasteiger partial charge in [-0.15, -0.1) is 0 Å². The Bertz CT molecular complexity index is 268. The predicted octanol–water partition coefficient (Wildman–Crippen LogP) is -1.18. The lowest BCUT2D eigenvalue weighted by atomic mass is 10.4. The van der Waals surface area contributed by atoms with Crippen LogP contribution in [0.2, 0.25) is 0 Å². The Hall–Kier alpha value is -1.40. The maximum Gasteiger partial charge on any atom is 0.221 e. The van der Waals surface area contributed by atoms with Gasteiger partial charge in [0.15, 0.2) is 0 Å². The normalized spacial score (nSPS) is 12.5. The van der Waals surface area contributed by atoms with Crippen LogP contribution in [0.4, 0.5) is 11.8 Å². The third-order valence-corrected chi connectivity index (χ3v) is 1.40. The quantitative estimate of drug-likeness (QED) is 0.469. The van der Waals surface area contributed by atoms with Crippen LogP contribution in [-0.4, -0.2) is 39.4 Å². The lowest BCUT2D eigenvalue weighted by Gasteiger charge is -2.08. The molecule has 0 bridgehead atoms. The van der Waals surface area contributed by atoms with Crippen LogP contribution in [0.25, 0.3) is 0 Å². The van der Waals surface area contributed by atoms with Gasteiger partial charge in [-0.1, -0.05) is 0 Å². The molecule has 1 unspecified atom stereocenters. The standard InChI is InChI=1S/C7H12N4O2/c8-7-9-2-1-6(11-7)10-3-5(13)4-12/h1-2,5,12-13H,3-4H2,(H3,8,9,10,11). The number of nitrogens with two attached hydrogens (primary N) is 1. The molecule has 1 rings (SSSR count). The smallest absolute Gasteiger partial charge is 0.221 e. The highest BCUT2D eigenvalue weighted by Gasteiger charge is 2.01. The largest absolute Gasteiger partial charge is 0.394 e. The number of hydrogen-bond donors (Lipinski definition) is 4. The van der Waals surface area contributed by atoms with Crippen molar-refractivity contribution in [2.24, 2.45) is 0 Å². The molecule has 1 aromatic heterocycles. The first-order valence-corrected chi connectivity index (χ1v) is 3.83. The molecule has 0 aromatic carbocycles. The SMILES string of the molecule is Nc1nccc(NCC(O)CO)n1. The summed E-state index contributed by atoms with van der Waals surface area (Å²) < 4.78 is 0. The summed E-state index contributed by atoms with van der Waals surface area (Å²) in [4.78, 5) is 7.54. The molecule has 0 radical (unpaired) electrons. The number of anilines is 2. The predicted molar refractivity (Wildman–Crippen MR) is 48.0 cm³/mol. The Morgan fingerprint density at radius 3 is 3.00 bits per heavy atom. The summed E-state index contributed by atoms with van der Waals surface area (Å²) >= 11 is 0. The van der Waals surface area contributed by atoms with Gasteiger partial charge >= 0.3 is 0 Å². The Morgan fingerprint density at radius 1 is 1.62 bits per heavy atom. The highest BCUT2D eigenvalue weighted by Crippen LogP contribution is 2.01. The van der Waals surface area contributed by atoms with E-state index in [0.29, 0.717) is 5.82 Å². The summed E-state index contributed by atoms with van der Waals surface area (Å²) in [6, 6.07) is 1.63. The van der Waals surface area contributed by atoms with Gasteiger partial charge in [0.1, 0.15) is 5.82 Å². The number of rotatable bonds is 4. The molecule has 1 atom stereocenters. The van der Waals surface area contributed by atoms with E-state index in [1.807, 2.05) is 0 Å². The molecular formula is C7H12N4O2. The van der Waals surface area contributed by atoms with E-state index >= 15 is 0 Å². The molecule has 0 spiro atoms. The molecule has 0 aliphatic rings. The van der Waals surface area contributed by atoms with Crippen LogP contribution < -0.4 is 11.1 Å². The minimum atomic E-state index is -0.795. The summed E-state index contributed by atoms with van der Waals surface area (Å²) in [5.74, 6) is 0.698. The minimum Gasteiger partial charge on any atom is -0.394 e. The van der Waals surface area contributed by atoms with E-state index in [1.54, 1.807) is 6.07 Å². The van der Waals surface area contributed by atoms with Gasteiger partial charge in [0.2, 0.25) is 5.95 Å². The van der Waals surface area contributed by atoms with E-state index in [2.05, 4.69) is 15.3 Å². The molecule has 1 aromatic rings. The van der Waals surface area contributed by atoms with E-state index in [9.17, 15) is 0 Å². The molecule has 5 N–H and O–H groups in total. The number of hydrogen-bond acceptors (Lipinski definition) is 6. The van der Waals surface area contributed by atoms with Crippen LogP contribution >= 0.6 is 0 Å². The fraction of sp³-hybridized carbons (Fsp3) is 0.429. The molecular weight excluding hydrogens is 172 g/mol.